The second-order valence-electron chi connectivity index (χ2n) is 6.43. The largest absolute Gasteiger partial charge is 0.433 e. The van der Waals surface area contributed by atoms with Crippen molar-refractivity contribution in [2.75, 3.05) is 11.1 Å². The van der Waals surface area contributed by atoms with Crippen molar-refractivity contribution in [3.8, 4) is 0 Å². The van der Waals surface area contributed by atoms with Gasteiger partial charge in [0.25, 0.3) is 0 Å². The number of allylic oxidation sites excluding steroid dienone is 5. The number of hydrogen-bond acceptors (Lipinski definition) is 7. The topological polar surface area (TPSA) is 110 Å². The van der Waals surface area contributed by atoms with Gasteiger partial charge in [0, 0.05) is 28.9 Å². The molecule has 0 spiro atoms. The number of nitrogens with two attached hydrogens (primary N) is 1. The van der Waals surface area contributed by atoms with E-state index in [2.05, 4.69) is 20.6 Å². The van der Waals surface area contributed by atoms with E-state index in [4.69, 9.17) is 5.14 Å². The Labute approximate surface area is 164 Å². The molecule has 0 aromatic carbocycles. The van der Waals surface area contributed by atoms with Crippen LogP contribution in [0.1, 0.15) is 19.0 Å². The first-order valence-corrected chi connectivity index (χ1v) is 10.8. The van der Waals surface area contributed by atoms with Gasteiger partial charge in [-0.3, -0.25) is 0 Å². The van der Waals surface area contributed by atoms with Crippen LogP contribution in [0, 0.1) is 5.92 Å². The minimum absolute atomic E-state index is 0.0544. The van der Waals surface area contributed by atoms with E-state index in [0.29, 0.717) is 12.1 Å². The molecule has 2 aliphatic rings. The number of nitrogens with one attached hydrogen (secondary N) is 2. The number of alkyl halides is 3. The normalized spacial score (nSPS) is 22.8. The van der Waals surface area contributed by atoms with Gasteiger partial charge in [-0.1, -0.05) is 11.6 Å². The summed E-state index contributed by atoms with van der Waals surface area (Å²) in [6, 6.07) is 0.811. The molecule has 0 radical (unpaired) electrons. The van der Waals surface area contributed by atoms with E-state index >= 15 is 0 Å². The number of hydrogen-bond donors (Lipinski definition) is 3. The molecule has 1 aromatic heterocycles. The molecule has 1 aromatic rings. The lowest BCUT2D eigenvalue weighted by Gasteiger charge is -2.22. The van der Waals surface area contributed by atoms with Crippen LogP contribution in [0.3, 0.4) is 0 Å². The van der Waals surface area contributed by atoms with E-state index in [1.54, 1.807) is 6.20 Å². The number of thioether (sulfide) groups is 1. The minimum atomic E-state index is -4.55. The summed E-state index contributed by atoms with van der Waals surface area (Å²) in [6.07, 6.45) is 2.57. The molecule has 12 heteroatoms. The van der Waals surface area contributed by atoms with Crippen molar-refractivity contribution < 1.29 is 21.6 Å². The highest BCUT2D eigenvalue weighted by Crippen LogP contribution is 2.38. The second-order valence-corrected chi connectivity index (χ2v) is 9.36. The van der Waals surface area contributed by atoms with Crippen LogP contribution >= 0.6 is 11.8 Å². The highest BCUT2D eigenvalue weighted by atomic mass is 32.2. The molecule has 28 heavy (non-hydrogen) atoms. The molecule has 152 valence electrons. The van der Waals surface area contributed by atoms with Crippen LogP contribution in [0.15, 0.2) is 46.8 Å². The van der Waals surface area contributed by atoms with E-state index in [-0.39, 0.29) is 23.0 Å². The number of halogens is 3. The molecule has 2 heterocycles. The van der Waals surface area contributed by atoms with Crippen LogP contribution in [0.25, 0.3) is 0 Å². The number of primary sulfonamides is 1. The molecule has 1 aliphatic heterocycles. The maximum atomic E-state index is 12.8. The second kappa shape index (κ2) is 7.76. The summed E-state index contributed by atoms with van der Waals surface area (Å²) in [7, 11) is -3.60. The van der Waals surface area contributed by atoms with E-state index < -0.39 is 21.9 Å². The van der Waals surface area contributed by atoms with Crippen LogP contribution in [-0.2, 0) is 16.2 Å². The Balaban J connectivity index is 1.69. The zero-order chi connectivity index (χ0) is 20.5. The summed E-state index contributed by atoms with van der Waals surface area (Å²) in [6.45, 7) is 1.87. The van der Waals surface area contributed by atoms with Gasteiger partial charge in [0.05, 0.1) is 11.1 Å². The Morgan fingerprint density at radius 3 is 2.86 bits per heavy atom. The van der Waals surface area contributed by atoms with Gasteiger partial charge in [0.2, 0.25) is 16.0 Å². The van der Waals surface area contributed by atoms with Gasteiger partial charge >= 0.3 is 6.18 Å². The van der Waals surface area contributed by atoms with Gasteiger partial charge in [0.15, 0.2) is 0 Å². The van der Waals surface area contributed by atoms with Crippen molar-refractivity contribution in [2.45, 2.75) is 24.9 Å². The zero-order valence-corrected chi connectivity index (χ0v) is 16.3. The fourth-order valence-electron chi connectivity index (χ4n) is 2.88. The van der Waals surface area contributed by atoms with Gasteiger partial charge in [-0.15, -0.1) is 11.8 Å². The Bertz CT molecular complexity index is 957. The third-order valence-corrected chi connectivity index (χ3v) is 6.25. The third-order valence-electron chi connectivity index (χ3n) is 3.96. The SMILES string of the molecule is CC1=CC(C2=CNC(CS(N)(=O)=O)S2)CC(Nc2nccc(C(F)(F)F)n2)=C1. The minimum Gasteiger partial charge on any atom is -0.377 e. The average molecular weight is 433 g/mol. The summed E-state index contributed by atoms with van der Waals surface area (Å²) in [5.74, 6) is -0.388. The van der Waals surface area contributed by atoms with E-state index in [9.17, 15) is 21.6 Å². The molecule has 4 N–H and O–H groups in total. The Morgan fingerprint density at radius 2 is 2.18 bits per heavy atom. The summed E-state index contributed by atoms with van der Waals surface area (Å²) in [5.41, 5.74) is 0.567. The first kappa shape index (κ1) is 20.7. The lowest BCUT2D eigenvalue weighted by molar-refractivity contribution is -0.141. The third kappa shape index (κ3) is 5.49. The summed E-state index contributed by atoms with van der Waals surface area (Å²) >= 11 is 1.37. The molecule has 0 saturated carbocycles. The molecule has 0 saturated heterocycles. The van der Waals surface area contributed by atoms with Crippen molar-refractivity contribution >= 4 is 27.7 Å². The van der Waals surface area contributed by atoms with Gasteiger partial charge in [-0.2, -0.15) is 13.2 Å². The Kier molecular flexibility index (Phi) is 5.73. The van der Waals surface area contributed by atoms with Crippen LogP contribution in [-0.4, -0.2) is 29.5 Å². The monoisotopic (exact) mass is 433 g/mol. The van der Waals surface area contributed by atoms with Gasteiger partial charge in [-0.05, 0) is 25.5 Å². The van der Waals surface area contributed by atoms with Crippen molar-refractivity contribution in [1.82, 2.24) is 15.3 Å². The number of nitrogens with zero attached hydrogens (tertiary/aromatic N) is 2. The lowest BCUT2D eigenvalue weighted by atomic mass is 9.94. The fraction of sp³-hybridized carbons (Fsp3) is 0.375. The quantitative estimate of drug-likeness (QED) is 0.655. The fourth-order valence-corrected chi connectivity index (χ4v) is 5.17. The highest BCUT2D eigenvalue weighted by Gasteiger charge is 2.33. The Hall–Kier alpha value is -2.05. The molecule has 0 amide bonds. The van der Waals surface area contributed by atoms with Crippen molar-refractivity contribution in [3.63, 3.8) is 0 Å². The van der Waals surface area contributed by atoms with Crippen molar-refractivity contribution in [2.24, 2.45) is 11.1 Å². The number of rotatable bonds is 5. The summed E-state index contributed by atoms with van der Waals surface area (Å²) in [4.78, 5) is 8.29. The summed E-state index contributed by atoms with van der Waals surface area (Å²) in [5, 5.41) is 10.6. The maximum Gasteiger partial charge on any atom is 0.433 e. The van der Waals surface area contributed by atoms with Crippen molar-refractivity contribution in [1.29, 1.82) is 0 Å². The summed E-state index contributed by atoms with van der Waals surface area (Å²) < 4.78 is 61.0. The van der Waals surface area contributed by atoms with Crippen LogP contribution in [0.4, 0.5) is 19.1 Å². The molecule has 2 atom stereocenters. The molecular weight excluding hydrogens is 415 g/mol. The molecule has 0 fully saturated rings. The average Bonchev–Trinajstić information content (AvgIpc) is 3.00. The first-order chi connectivity index (χ1) is 13.0. The van der Waals surface area contributed by atoms with E-state index in [1.165, 1.54) is 11.8 Å². The molecule has 3 rings (SSSR count). The number of anilines is 1. The zero-order valence-electron chi connectivity index (χ0n) is 14.7. The predicted molar refractivity (Wildman–Crippen MR) is 101 cm³/mol. The first-order valence-electron chi connectivity index (χ1n) is 8.19. The van der Waals surface area contributed by atoms with E-state index in [1.807, 2.05) is 19.1 Å². The molecule has 0 bridgehead atoms. The molecule has 2 unspecified atom stereocenters. The maximum absolute atomic E-state index is 12.8. The van der Waals surface area contributed by atoms with E-state index in [0.717, 1.165) is 22.7 Å². The number of aromatic nitrogens is 2. The molecule has 1 aliphatic carbocycles. The predicted octanol–water partition coefficient (Wildman–Crippen LogP) is 2.55. The molecular formula is C16H18F3N5O2S2. The number of sulfonamides is 1. The van der Waals surface area contributed by atoms with Crippen LogP contribution in [0.5, 0.6) is 0 Å². The van der Waals surface area contributed by atoms with Gasteiger partial charge < -0.3 is 10.6 Å². The Morgan fingerprint density at radius 1 is 1.43 bits per heavy atom. The van der Waals surface area contributed by atoms with Gasteiger partial charge in [-0.25, -0.2) is 23.5 Å². The van der Waals surface area contributed by atoms with Crippen LogP contribution < -0.4 is 15.8 Å². The van der Waals surface area contributed by atoms with Gasteiger partial charge in [0.1, 0.15) is 5.69 Å². The van der Waals surface area contributed by atoms with Crippen LogP contribution in [0.2, 0.25) is 0 Å². The van der Waals surface area contributed by atoms with Crippen molar-refractivity contribution in [3.05, 3.63) is 52.5 Å². The lowest BCUT2D eigenvalue weighted by Crippen LogP contribution is -2.30. The standard InChI is InChI=1S/C16H18F3N5O2S2/c1-9-4-10(12-7-22-14(27-12)8-28(20,25)26)6-11(5-9)23-15-21-3-2-13(24-15)16(17,18)19/h2-5,7,10,14,22H,6,8H2,1H3,(H2,20,25,26)(H,21,23,24). The smallest absolute Gasteiger partial charge is 0.377 e. The molecule has 7 nitrogen and oxygen atoms in total. The highest BCUT2D eigenvalue weighted by molar-refractivity contribution is 8.04.